The Hall–Kier alpha value is -1.11. The molecule has 1 saturated carbocycles. The molecule has 0 heterocycles. The van der Waals surface area contributed by atoms with Crippen molar-refractivity contribution < 1.29 is 4.79 Å². The largest absolute Gasteiger partial charge is 0.299 e. The maximum atomic E-state index is 12.6. The van der Waals surface area contributed by atoms with Crippen LogP contribution in [0.4, 0.5) is 0 Å². The van der Waals surface area contributed by atoms with E-state index in [9.17, 15) is 4.79 Å². The minimum Gasteiger partial charge on any atom is -0.299 e. The SMILES string of the molecule is Cc1ccc(C)c(CC(=O)C2(C)CCCCC2)c1. The van der Waals surface area contributed by atoms with Crippen molar-refractivity contribution >= 4 is 5.78 Å². The van der Waals surface area contributed by atoms with Gasteiger partial charge in [0.05, 0.1) is 0 Å². The van der Waals surface area contributed by atoms with Crippen molar-refractivity contribution in [2.75, 3.05) is 0 Å². The highest BCUT2D eigenvalue weighted by Crippen LogP contribution is 2.37. The van der Waals surface area contributed by atoms with Crippen molar-refractivity contribution in [2.24, 2.45) is 5.41 Å². The van der Waals surface area contributed by atoms with E-state index >= 15 is 0 Å². The van der Waals surface area contributed by atoms with Gasteiger partial charge in [0, 0.05) is 11.8 Å². The Kier molecular flexibility index (Phi) is 3.89. The van der Waals surface area contributed by atoms with E-state index in [0.29, 0.717) is 12.2 Å². The Bertz CT molecular complexity index is 439. The fourth-order valence-electron chi connectivity index (χ4n) is 2.99. The lowest BCUT2D eigenvalue weighted by Crippen LogP contribution is -2.31. The van der Waals surface area contributed by atoms with Crippen LogP contribution >= 0.6 is 0 Å². The maximum absolute atomic E-state index is 12.6. The molecular weight excluding hydrogens is 220 g/mol. The van der Waals surface area contributed by atoms with Gasteiger partial charge in [-0.2, -0.15) is 0 Å². The molecule has 1 fully saturated rings. The second kappa shape index (κ2) is 5.26. The van der Waals surface area contributed by atoms with Gasteiger partial charge in [-0.25, -0.2) is 0 Å². The van der Waals surface area contributed by atoms with Crippen LogP contribution in [0.3, 0.4) is 0 Å². The zero-order chi connectivity index (χ0) is 13.2. The Balaban J connectivity index is 2.13. The highest BCUT2D eigenvalue weighted by Gasteiger charge is 2.33. The zero-order valence-electron chi connectivity index (χ0n) is 11.9. The first-order chi connectivity index (χ1) is 8.51. The second-order valence-corrected chi connectivity index (χ2v) is 6.15. The summed E-state index contributed by atoms with van der Waals surface area (Å²) in [5, 5.41) is 0. The van der Waals surface area contributed by atoms with Crippen LogP contribution in [0.25, 0.3) is 0 Å². The lowest BCUT2D eigenvalue weighted by atomic mass is 9.71. The summed E-state index contributed by atoms with van der Waals surface area (Å²) in [4.78, 5) is 12.6. The van der Waals surface area contributed by atoms with Crippen molar-refractivity contribution in [1.82, 2.24) is 0 Å². The summed E-state index contributed by atoms with van der Waals surface area (Å²) in [5.41, 5.74) is 3.64. The van der Waals surface area contributed by atoms with Gasteiger partial charge in [0.15, 0.2) is 0 Å². The molecule has 2 rings (SSSR count). The number of benzene rings is 1. The number of rotatable bonds is 3. The Morgan fingerprint density at radius 3 is 2.50 bits per heavy atom. The van der Waals surface area contributed by atoms with Gasteiger partial charge >= 0.3 is 0 Å². The lowest BCUT2D eigenvalue weighted by Gasteiger charge is -2.32. The Morgan fingerprint density at radius 1 is 1.17 bits per heavy atom. The van der Waals surface area contributed by atoms with Gasteiger partial charge in [-0.05, 0) is 37.8 Å². The molecule has 0 atom stereocenters. The van der Waals surface area contributed by atoms with Crippen molar-refractivity contribution in [1.29, 1.82) is 0 Å². The summed E-state index contributed by atoms with van der Waals surface area (Å²) in [6, 6.07) is 6.41. The Morgan fingerprint density at radius 2 is 1.83 bits per heavy atom. The van der Waals surface area contributed by atoms with Gasteiger partial charge in [0.25, 0.3) is 0 Å². The molecule has 0 aliphatic heterocycles. The van der Waals surface area contributed by atoms with E-state index in [0.717, 1.165) is 12.8 Å². The average Bonchev–Trinajstić information content (AvgIpc) is 2.35. The summed E-state index contributed by atoms with van der Waals surface area (Å²) in [6.45, 7) is 6.36. The molecule has 98 valence electrons. The standard InChI is InChI=1S/C17H24O/c1-13-7-8-14(2)15(11-13)12-16(18)17(3)9-5-4-6-10-17/h7-8,11H,4-6,9-10,12H2,1-3H3. The number of carbonyl (C=O) groups excluding carboxylic acids is 1. The maximum Gasteiger partial charge on any atom is 0.143 e. The van der Waals surface area contributed by atoms with E-state index in [1.807, 2.05) is 0 Å². The quantitative estimate of drug-likeness (QED) is 0.771. The molecule has 18 heavy (non-hydrogen) atoms. The van der Waals surface area contributed by atoms with Gasteiger partial charge in [-0.1, -0.05) is 49.9 Å². The molecule has 1 aromatic carbocycles. The summed E-state index contributed by atoms with van der Waals surface area (Å²) < 4.78 is 0. The molecule has 1 heteroatoms. The second-order valence-electron chi connectivity index (χ2n) is 6.15. The van der Waals surface area contributed by atoms with Gasteiger partial charge in [-0.15, -0.1) is 0 Å². The molecule has 0 bridgehead atoms. The van der Waals surface area contributed by atoms with Crippen LogP contribution in [0.1, 0.15) is 55.7 Å². The minimum atomic E-state index is -0.0611. The number of hydrogen-bond acceptors (Lipinski definition) is 1. The van der Waals surface area contributed by atoms with Crippen molar-refractivity contribution in [3.05, 3.63) is 34.9 Å². The fraction of sp³-hybridized carbons (Fsp3) is 0.588. The third-order valence-electron chi connectivity index (χ3n) is 4.49. The van der Waals surface area contributed by atoms with E-state index in [4.69, 9.17) is 0 Å². The van der Waals surface area contributed by atoms with Crippen LogP contribution in [-0.2, 0) is 11.2 Å². The molecule has 1 aromatic rings. The predicted octanol–water partition coefficient (Wildman–Crippen LogP) is 4.39. The molecule has 0 aromatic heterocycles. The van der Waals surface area contributed by atoms with E-state index in [1.165, 1.54) is 36.0 Å². The third-order valence-corrected chi connectivity index (χ3v) is 4.49. The zero-order valence-corrected chi connectivity index (χ0v) is 11.9. The van der Waals surface area contributed by atoms with Crippen LogP contribution in [0.15, 0.2) is 18.2 Å². The summed E-state index contributed by atoms with van der Waals surface area (Å²) in [6.07, 6.45) is 6.51. The molecule has 0 spiro atoms. The molecule has 0 saturated heterocycles. The lowest BCUT2D eigenvalue weighted by molar-refractivity contribution is -0.128. The smallest absolute Gasteiger partial charge is 0.143 e. The van der Waals surface area contributed by atoms with E-state index in [-0.39, 0.29) is 5.41 Å². The Labute approximate surface area is 111 Å². The van der Waals surface area contributed by atoms with Gasteiger partial charge in [0.2, 0.25) is 0 Å². The van der Waals surface area contributed by atoms with Crippen molar-refractivity contribution in [3.63, 3.8) is 0 Å². The summed E-state index contributed by atoms with van der Waals surface area (Å²) in [7, 11) is 0. The van der Waals surface area contributed by atoms with Gasteiger partial charge in [0.1, 0.15) is 5.78 Å². The van der Waals surface area contributed by atoms with Crippen molar-refractivity contribution in [2.45, 2.75) is 59.3 Å². The average molecular weight is 244 g/mol. The molecule has 1 aliphatic rings. The number of carbonyl (C=O) groups is 1. The number of aryl methyl sites for hydroxylation is 2. The molecule has 0 N–H and O–H groups in total. The number of Topliss-reactive ketones (excluding diaryl/α,β-unsaturated/α-hetero) is 1. The normalized spacial score (nSPS) is 18.6. The number of ketones is 1. The first kappa shape index (κ1) is 13.3. The van der Waals surface area contributed by atoms with Gasteiger partial charge < -0.3 is 0 Å². The molecular formula is C17H24O. The van der Waals surface area contributed by atoms with Gasteiger partial charge in [-0.3, -0.25) is 4.79 Å². The van der Waals surface area contributed by atoms with Crippen LogP contribution in [0.5, 0.6) is 0 Å². The summed E-state index contributed by atoms with van der Waals surface area (Å²) >= 11 is 0. The van der Waals surface area contributed by atoms with Crippen LogP contribution < -0.4 is 0 Å². The van der Waals surface area contributed by atoms with E-state index in [2.05, 4.69) is 39.0 Å². The molecule has 1 aliphatic carbocycles. The summed E-state index contributed by atoms with van der Waals surface area (Å²) in [5.74, 6) is 0.441. The first-order valence-corrected chi connectivity index (χ1v) is 7.11. The van der Waals surface area contributed by atoms with E-state index < -0.39 is 0 Å². The fourth-order valence-corrected chi connectivity index (χ4v) is 2.99. The van der Waals surface area contributed by atoms with Crippen LogP contribution in [-0.4, -0.2) is 5.78 Å². The van der Waals surface area contributed by atoms with Crippen molar-refractivity contribution in [3.8, 4) is 0 Å². The first-order valence-electron chi connectivity index (χ1n) is 7.11. The van der Waals surface area contributed by atoms with Crippen LogP contribution in [0, 0.1) is 19.3 Å². The van der Waals surface area contributed by atoms with E-state index in [1.54, 1.807) is 0 Å². The minimum absolute atomic E-state index is 0.0611. The third kappa shape index (κ3) is 2.82. The highest BCUT2D eigenvalue weighted by atomic mass is 16.1. The molecule has 1 nitrogen and oxygen atoms in total. The molecule has 0 radical (unpaired) electrons. The number of hydrogen-bond donors (Lipinski definition) is 0. The molecule has 0 amide bonds. The van der Waals surface area contributed by atoms with Crippen LogP contribution in [0.2, 0.25) is 0 Å². The topological polar surface area (TPSA) is 17.1 Å². The molecule has 0 unspecified atom stereocenters. The predicted molar refractivity (Wildman–Crippen MR) is 75.8 cm³/mol. The monoisotopic (exact) mass is 244 g/mol. The highest BCUT2D eigenvalue weighted by molar-refractivity contribution is 5.86.